The molecule has 1 fully saturated rings. The van der Waals surface area contributed by atoms with Crippen LogP contribution in [0.4, 0.5) is 4.39 Å². The number of carbonyl (C=O) groups is 1. The Morgan fingerprint density at radius 1 is 1.06 bits per heavy atom. The molecule has 1 atom stereocenters. The van der Waals surface area contributed by atoms with Gasteiger partial charge >= 0.3 is 0 Å². The molecule has 2 aliphatic rings. The van der Waals surface area contributed by atoms with E-state index in [2.05, 4.69) is 15.3 Å². The van der Waals surface area contributed by atoms with Crippen molar-refractivity contribution in [1.82, 2.24) is 15.3 Å². The van der Waals surface area contributed by atoms with Crippen molar-refractivity contribution < 1.29 is 9.18 Å². The lowest BCUT2D eigenvalue weighted by Crippen LogP contribution is -2.37. The summed E-state index contributed by atoms with van der Waals surface area (Å²) in [6, 6.07) is 16.0. The van der Waals surface area contributed by atoms with Gasteiger partial charge in [0, 0.05) is 17.7 Å². The first-order valence-electron chi connectivity index (χ1n) is 11.3. The summed E-state index contributed by atoms with van der Waals surface area (Å²) in [6.45, 7) is 0.615. The number of hydrogen-bond acceptors (Lipinski definition) is 3. The van der Waals surface area contributed by atoms with Crippen molar-refractivity contribution >= 4 is 5.91 Å². The van der Waals surface area contributed by atoms with Crippen molar-refractivity contribution in [3.63, 3.8) is 0 Å². The number of rotatable bonds is 5. The van der Waals surface area contributed by atoms with E-state index in [1.54, 1.807) is 12.1 Å². The topological polar surface area (TPSA) is 74.8 Å². The highest BCUT2D eigenvalue weighted by atomic mass is 19.1. The fourth-order valence-electron chi connectivity index (χ4n) is 4.73. The molecule has 0 saturated heterocycles. The number of H-pyrrole nitrogens is 1. The average molecular weight is 432 g/mol. The lowest BCUT2D eigenvalue weighted by Gasteiger charge is -2.19. The number of fused-ring (bicyclic) bond motifs is 1. The first kappa shape index (κ1) is 20.6. The summed E-state index contributed by atoms with van der Waals surface area (Å²) in [5.74, 6) is 0.559. The second-order valence-electron chi connectivity index (χ2n) is 8.95. The number of benzene rings is 2. The third kappa shape index (κ3) is 3.97. The predicted molar refractivity (Wildman–Crippen MR) is 121 cm³/mol. The molecule has 1 saturated carbocycles. The number of hydrogen-bond donors (Lipinski definition) is 2. The summed E-state index contributed by atoms with van der Waals surface area (Å²) in [5, 5.41) is 3.18. The summed E-state index contributed by atoms with van der Waals surface area (Å²) in [7, 11) is 0. The molecule has 1 unspecified atom stereocenters. The van der Waals surface area contributed by atoms with E-state index in [-0.39, 0.29) is 22.7 Å². The number of aromatic nitrogens is 2. The van der Waals surface area contributed by atoms with Gasteiger partial charge in [0.1, 0.15) is 11.6 Å². The number of amides is 1. The van der Waals surface area contributed by atoms with Crippen LogP contribution < -0.4 is 10.9 Å². The molecule has 0 spiro atoms. The van der Waals surface area contributed by atoms with E-state index in [4.69, 9.17) is 0 Å². The number of nitrogens with one attached hydrogen (secondary N) is 2. The van der Waals surface area contributed by atoms with Crippen LogP contribution in [0.15, 0.2) is 59.4 Å². The van der Waals surface area contributed by atoms with Gasteiger partial charge in [-0.3, -0.25) is 9.59 Å². The first-order chi connectivity index (χ1) is 15.5. The molecular formula is C26H26FN3O2. The number of aromatic amines is 1. The van der Waals surface area contributed by atoms with E-state index in [0.29, 0.717) is 36.7 Å². The van der Waals surface area contributed by atoms with Crippen molar-refractivity contribution in [1.29, 1.82) is 0 Å². The Morgan fingerprint density at radius 3 is 2.50 bits per heavy atom. The van der Waals surface area contributed by atoms with E-state index >= 15 is 0 Å². The van der Waals surface area contributed by atoms with Gasteiger partial charge in [0.25, 0.3) is 5.56 Å². The highest BCUT2D eigenvalue weighted by Crippen LogP contribution is 2.48. The number of aryl methyl sites for hydroxylation is 1. The molecule has 1 heterocycles. The summed E-state index contributed by atoms with van der Waals surface area (Å²) >= 11 is 0. The molecule has 0 radical (unpaired) electrons. The van der Waals surface area contributed by atoms with Crippen molar-refractivity contribution in [3.05, 3.63) is 87.6 Å². The third-order valence-electron chi connectivity index (χ3n) is 6.87. The Balaban J connectivity index is 1.25. The van der Waals surface area contributed by atoms with Crippen molar-refractivity contribution in [2.75, 3.05) is 6.54 Å². The van der Waals surface area contributed by atoms with E-state index in [0.717, 1.165) is 42.5 Å². The molecule has 6 heteroatoms. The monoisotopic (exact) mass is 431 g/mol. The van der Waals surface area contributed by atoms with Crippen LogP contribution in [0, 0.1) is 11.7 Å². The number of carbonyl (C=O) groups excluding carboxylic acids is 1. The van der Waals surface area contributed by atoms with Gasteiger partial charge in [0.05, 0.1) is 11.1 Å². The maximum Gasteiger partial charge on any atom is 0.254 e. The van der Waals surface area contributed by atoms with Gasteiger partial charge < -0.3 is 10.3 Å². The van der Waals surface area contributed by atoms with E-state index < -0.39 is 0 Å². The maximum absolute atomic E-state index is 13.2. The Kier molecular flexibility index (Phi) is 5.37. The van der Waals surface area contributed by atoms with Crippen LogP contribution in [0.1, 0.15) is 42.5 Å². The molecule has 5 nitrogen and oxygen atoms in total. The van der Waals surface area contributed by atoms with Gasteiger partial charge in [-0.1, -0.05) is 30.3 Å². The molecule has 0 bridgehead atoms. The molecule has 2 N–H and O–H groups in total. The van der Waals surface area contributed by atoms with Crippen LogP contribution in [0.5, 0.6) is 0 Å². The second kappa shape index (κ2) is 8.34. The Hall–Kier alpha value is -3.28. The van der Waals surface area contributed by atoms with Gasteiger partial charge in [0.15, 0.2) is 0 Å². The van der Waals surface area contributed by atoms with Gasteiger partial charge in [0.2, 0.25) is 5.91 Å². The second-order valence-corrected chi connectivity index (χ2v) is 8.95. The summed E-state index contributed by atoms with van der Waals surface area (Å²) in [4.78, 5) is 33.2. The van der Waals surface area contributed by atoms with Crippen molar-refractivity contribution in [2.45, 2.75) is 43.9 Å². The zero-order valence-electron chi connectivity index (χ0n) is 17.9. The summed E-state index contributed by atoms with van der Waals surface area (Å²) in [6.07, 6.45) is 4.83. The Labute approximate surface area is 186 Å². The largest absolute Gasteiger partial charge is 0.355 e. The molecule has 5 rings (SSSR count). The Morgan fingerprint density at radius 2 is 1.78 bits per heavy atom. The maximum atomic E-state index is 13.2. The number of nitrogens with zero attached hydrogens (tertiary/aromatic N) is 1. The molecule has 2 aliphatic carbocycles. The summed E-state index contributed by atoms with van der Waals surface area (Å²) < 4.78 is 13.2. The standard InChI is InChI=1S/C26H26FN3O2/c27-20-10-8-18(9-11-20)23-29-22-13-7-17(6-12-21(22)24(31)30-23)16-28-25(32)26(14-15-26)19-4-2-1-3-5-19/h1-5,8-11,17H,6-7,12-16H2,(H,28,32)(H,29,30,31). The normalized spacial score (nSPS) is 19.0. The molecule has 164 valence electrons. The highest BCUT2D eigenvalue weighted by Gasteiger charge is 2.51. The van der Waals surface area contributed by atoms with Gasteiger partial charge in [-0.2, -0.15) is 0 Å². The Bertz CT molecular complexity index is 1180. The fourth-order valence-corrected chi connectivity index (χ4v) is 4.73. The number of halogens is 1. The lowest BCUT2D eigenvalue weighted by atomic mass is 9.94. The van der Waals surface area contributed by atoms with E-state index in [9.17, 15) is 14.0 Å². The zero-order chi connectivity index (χ0) is 22.1. The average Bonchev–Trinajstić information content (AvgIpc) is 3.64. The van der Waals surface area contributed by atoms with E-state index in [1.807, 2.05) is 30.3 Å². The molecule has 2 aromatic carbocycles. The minimum absolute atomic E-state index is 0.111. The molecule has 32 heavy (non-hydrogen) atoms. The molecule has 3 aromatic rings. The smallest absolute Gasteiger partial charge is 0.254 e. The van der Waals surface area contributed by atoms with Crippen molar-refractivity contribution in [2.24, 2.45) is 5.92 Å². The predicted octanol–water partition coefficient (Wildman–Crippen LogP) is 3.92. The molecule has 1 amide bonds. The van der Waals surface area contributed by atoms with Crippen LogP contribution in [0.3, 0.4) is 0 Å². The fraction of sp³-hybridized carbons (Fsp3) is 0.346. The van der Waals surface area contributed by atoms with E-state index in [1.165, 1.54) is 12.1 Å². The molecule has 1 aromatic heterocycles. The van der Waals surface area contributed by atoms with Crippen LogP contribution in [0.2, 0.25) is 0 Å². The molecular weight excluding hydrogens is 405 g/mol. The summed E-state index contributed by atoms with van der Waals surface area (Å²) in [5.41, 5.74) is 2.83. The van der Waals surface area contributed by atoms with Crippen LogP contribution in [0.25, 0.3) is 11.4 Å². The quantitative estimate of drug-likeness (QED) is 0.602. The zero-order valence-corrected chi connectivity index (χ0v) is 17.9. The minimum atomic E-state index is -0.363. The highest BCUT2D eigenvalue weighted by molar-refractivity contribution is 5.91. The third-order valence-corrected chi connectivity index (χ3v) is 6.87. The SMILES string of the molecule is O=C(NCC1CCc2nc(-c3ccc(F)cc3)[nH]c(=O)c2CC1)C1(c2ccccc2)CC1. The van der Waals surface area contributed by atoms with Crippen LogP contribution in [-0.2, 0) is 23.1 Å². The van der Waals surface area contributed by atoms with Crippen LogP contribution >= 0.6 is 0 Å². The van der Waals surface area contributed by atoms with Crippen molar-refractivity contribution in [3.8, 4) is 11.4 Å². The lowest BCUT2D eigenvalue weighted by molar-refractivity contribution is -0.123. The minimum Gasteiger partial charge on any atom is -0.355 e. The first-order valence-corrected chi connectivity index (χ1v) is 11.3. The van der Waals surface area contributed by atoms with Gasteiger partial charge in [-0.15, -0.1) is 0 Å². The van der Waals surface area contributed by atoms with Crippen LogP contribution in [-0.4, -0.2) is 22.4 Å². The van der Waals surface area contributed by atoms with Gasteiger partial charge in [-0.05, 0) is 74.3 Å². The van der Waals surface area contributed by atoms with Gasteiger partial charge in [-0.25, -0.2) is 9.37 Å². The molecule has 0 aliphatic heterocycles.